The number of amides is 1. The fourth-order valence-electron chi connectivity index (χ4n) is 3.49. The first-order valence-electron chi connectivity index (χ1n) is 9.74. The summed E-state index contributed by atoms with van der Waals surface area (Å²) in [6.07, 6.45) is 1.89. The highest BCUT2D eigenvalue weighted by atomic mass is 35.5. The van der Waals surface area contributed by atoms with Crippen molar-refractivity contribution in [1.29, 1.82) is 0 Å². The Morgan fingerprint density at radius 3 is 2.48 bits per heavy atom. The summed E-state index contributed by atoms with van der Waals surface area (Å²) < 4.78 is 7.06. The number of fused-ring (bicyclic) bond motifs is 1. The molecular formula is C24H21Cl2N3O2. The SMILES string of the molecule is COc1ccc(-c2nc3c(Cl)cc(Cl)cn3c2CC(=O)N(C)Cc2ccccc2)cc1. The van der Waals surface area contributed by atoms with Crippen LogP contribution in [-0.2, 0) is 17.8 Å². The maximum absolute atomic E-state index is 13.1. The summed E-state index contributed by atoms with van der Waals surface area (Å²) in [4.78, 5) is 19.6. The summed E-state index contributed by atoms with van der Waals surface area (Å²) in [5.74, 6) is 0.713. The van der Waals surface area contributed by atoms with Gasteiger partial charge in [-0.2, -0.15) is 0 Å². The zero-order chi connectivity index (χ0) is 22.0. The van der Waals surface area contributed by atoms with Crippen LogP contribution >= 0.6 is 23.2 Å². The third-order valence-electron chi connectivity index (χ3n) is 5.11. The number of ether oxygens (including phenoxy) is 1. The number of carbonyl (C=O) groups excluding carboxylic acids is 1. The molecule has 0 aliphatic rings. The largest absolute Gasteiger partial charge is 0.497 e. The van der Waals surface area contributed by atoms with Crippen molar-refractivity contribution in [2.75, 3.05) is 14.2 Å². The molecule has 2 heterocycles. The van der Waals surface area contributed by atoms with Gasteiger partial charge in [-0.3, -0.25) is 4.79 Å². The standard InChI is InChI=1S/C24H21Cl2N3O2/c1-28(14-16-6-4-3-5-7-16)22(30)13-21-23(17-8-10-19(31-2)11-9-17)27-24-20(26)12-18(25)15-29(21)24/h3-12,15H,13-14H2,1-2H3. The molecule has 0 atom stereocenters. The predicted molar refractivity (Wildman–Crippen MR) is 124 cm³/mol. The van der Waals surface area contributed by atoms with Crippen LogP contribution in [0.3, 0.4) is 0 Å². The number of hydrogen-bond acceptors (Lipinski definition) is 3. The number of rotatable bonds is 6. The van der Waals surface area contributed by atoms with Crippen molar-refractivity contribution < 1.29 is 9.53 Å². The van der Waals surface area contributed by atoms with Crippen LogP contribution in [0.15, 0.2) is 66.9 Å². The molecule has 1 amide bonds. The van der Waals surface area contributed by atoms with Crippen molar-refractivity contribution in [3.63, 3.8) is 0 Å². The van der Waals surface area contributed by atoms with E-state index >= 15 is 0 Å². The van der Waals surface area contributed by atoms with Gasteiger partial charge in [-0.1, -0.05) is 53.5 Å². The first-order valence-corrected chi connectivity index (χ1v) is 10.5. The van der Waals surface area contributed by atoms with Crippen LogP contribution in [0.1, 0.15) is 11.3 Å². The summed E-state index contributed by atoms with van der Waals surface area (Å²) in [6.45, 7) is 0.524. The van der Waals surface area contributed by atoms with Crippen LogP contribution < -0.4 is 4.74 Å². The van der Waals surface area contributed by atoms with Gasteiger partial charge < -0.3 is 14.0 Å². The van der Waals surface area contributed by atoms with Crippen LogP contribution in [-0.4, -0.2) is 34.3 Å². The Balaban J connectivity index is 1.73. The Morgan fingerprint density at radius 2 is 1.81 bits per heavy atom. The molecule has 0 unspecified atom stereocenters. The molecule has 2 aromatic carbocycles. The molecule has 4 rings (SSSR count). The number of halogens is 2. The lowest BCUT2D eigenvalue weighted by Gasteiger charge is -2.18. The van der Waals surface area contributed by atoms with Gasteiger partial charge in [-0.25, -0.2) is 4.98 Å². The summed E-state index contributed by atoms with van der Waals surface area (Å²) in [5.41, 5.74) is 3.91. The fraction of sp³-hybridized carbons (Fsp3) is 0.167. The molecule has 0 saturated carbocycles. The van der Waals surface area contributed by atoms with Gasteiger partial charge in [0.15, 0.2) is 5.65 Å². The Kier molecular flexibility index (Phi) is 6.16. The maximum atomic E-state index is 13.1. The van der Waals surface area contributed by atoms with Gasteiger partial charge in [0, 0.05) is 25.4 Å². The third kappa shape index (κ3) is 4.53. The van der Waals surface area contributed by atoms with Gasteiger partial charge >= 0.3 is 0 Å². The van der Waals surface area contributed by atoms with Crippen molar-refractivity contribution in [1.82, 2.24) is 14.3 Å². The molecule has 0 aliphatic carbocycles. The first kappa shape index (κ1) is 21.2. The number of aromatic nitrogens is 2. The monoisotopic (exact) mass is 453 g/mol. The van der Waals surface area contributed by atoms with E-state index in [2.05, 4.69) is 0 Å². The Hall–Kier alpha value is -3.02. The van der Waals surface area contributed by atoms with Crippen LogP contribution in [0.5, 0.6) is 5.75 Å². The Bertz CT molecular complexity index is 1220. The molecule has 0 spiro atoms. The molecule has 0 saturated heterocycles. The number of methoxy groups -OCH3 is 1. The molecule has 158 valence electrons. The lowest BCUT2D eigenvalue weighted by molar-refractivity contribution is -0.129. The van der Waals surface area contributed by atoms with Gasteiger partial charge in [-0.15, -0.1) is 0 Å². The predicted octanol–water partition coefficient (Wildman–Crippen LogP) is 5.52. The quantitative estimate of drug-likeness (QED) is 0.386. The van der Waals surface area contributed by atoms with Gasteiger partial charge in [0.1, 0.15) is 5.75 Å². The first-order chi connectivity index (χ1) is 15.0. The van der Waals surface area contributed by atoms with Gasteiger partial charge in [0.25, 0.3) is 0 Å². The molecule has 0 radical (unpaired) electrons. The normalized spacial score (nSPS) is 11.0. The van der Waals surface area contributed by atoms with E-state index in [-0.39, 0.29) is 12.3 Å². The smallest absolute Gasteiger partial charge is 0.228 e. The summed E-state index contributed by atoms with van der Waals surface area (Å²) in [5, 5.41) is 0.904. The number of benzene rings is 2. The zero-order valence-corrected chi connectivity index (χ0v) is 18.7. The van der Waals surface area contributed by atoms with Crippen LogP contribution in [0, 0.1) is 0 Å². The molecular weight excluding hydrogens is 433 g/mol. The van der Waals surface area contributed by atoms with Crippen LogP contribution in [0.25, 0.3) is 16.9 Å². The van der Waals surface area contributed by atoms with E-state index in [1.54, 1.807) is 35.7 Å². The number of carbonyl (C=O) groups is 1. The molecule has 7 heteroatoms. The second kappa shape index (κ2) is 9.00. The minimum absolute atomic E-state index is 0.0310. The van der Waals surface area contributed by atoms with Crippen molar-refractivity contribution >= 4 is 34.8 Å². The van der Waals surface area contributed by atoms with E-state index in [4.69, 9.17) is 32.9 Å². The molecule has 4 aromatic rings. The average molecular weight is 454 g/mol. The summed E-state index contributed by atoms with van der Waals surface area (Å²) >= 11 is 12.7. The number of hydrogen-bond donors (Lipinski definition) is 0. The minimum atomic E-state index is -0.0310. The number of pyridine rings is 1. The van der Waals surface area contributed by atoms with Crippen molar-refractivity contribution in [3.8, 4) is 17.0 Å². The minimum Gasteiger partial charge on any atom is -0.497 e. The third-order valence-corrected chi connectivity index (χ3v) is 5.60. The van der Waals surface area contributed by atoms with Crippen molar-refractivity contribution in [2.24, 2.45) is 0 Å². The van der Waals surface area contributed by atoms with Crippen molar-refractivity contribution in [3.05, 3.63) is 88.2 Å². The lowest BCUT2D eigenvalue weighted by Crippen LogP contribution is -2.28. The second-order valence-electron chi connectivity index (χ2n) is 7.25. The molecule has 0 bridgehead atoms. The summed E-state index contributed by atoms with van der Waals surface area (Å²) in [6, 6.07) is 19.1. The van der Waals surface area contributed by atoms with Gasteiger partial charge in [0.05, 0.1) is 35.0 Å². The highest BCUT2D eigenvalue weighted by Crippen LogP contribution is 2.31. The molecule has 5 nitrogen and oxygen atoms in total. The highest BCUT2D eigenvalue weighted by molar-refractivity contribution is 6.36. The van der Waals surface area contributed by atoms with E-state index in [9.17, 15) is 4.79 Å². The second-order valence-corrected chi connectivity index (χ2v) is 8.09. The number of likely N-dealkylation sites (N-methyl/N-ethyl adjacent to an activating group) is 1. The number of imidazole rings is 1. The maximum Gasteiger partial charge on any atom is 0.228 e. The molecule has 0 fully saturated rings. The average Bonchev–Trinajstić information content (AvgIpc) is 3.13. The van der Waals surface area contributed by atoms with Crippen LogP contribution in [0.4, 0.5) is 0 Å². The Labute approximate surface area is 190 Å². The van der Waals surface area contributed by atoms with E-state index in [0.717, 1.165) is 22.6 Å². The highest BCUT2D eigenvalue weighted by Gasteiger charge is 2.21. The molecule has 2 aromatic heterocycles. The fourth-order valence-corrected chi connectivity index (χ4v) is 4.01. The van der Waals surface area contributed by atoms with E-state index < -0.39 is 0 Å². The molecule has 0 aliphatic heterocycles. The van der Waals surface area contributed by atoms with Crippen LogP contribution in [0.2, 0.25) is 10.0 Å². The lowest BCUT2D eigenvalue weighted by atomic mass is 10.1. The van der Waals surface area contributed by atoms with Gasteiger partial charge in [0.2, 0.25) is 5.91 Å². The van der Waals surface area contributed by atoms with E-state index in [0.29, 0.717) is 27.9 Å². The van der Waals surface area contributed by atoms with E-state index in [1.807, 2.05) is 54.6 Å². The molecule has 31 heavy (non-hydrogen) atoms. The summed E-state index contributed by atoms with van der Waals surface area (Å²) in [7, 11) is 3.42. The Morgan fingerprint density at radius 1 is 1.10 bits per heavy atom. The number of nitrogens with zero attached hydrogens (tertiary/aromatic N) is 3. The zero-order valence-electron chi connectivity index (χ0n) is 17.2. The van der Waals surface area contributed by atoms with Gasteiger partial charge in [-0.05, 0) is 35.9 Å². The van der Waals surface area contributed by atoms with E-state index in [1.165, 1.54) is 0 Å². The molecule has 0 N–H and O–H groups in total. The van der Waals surface area contributed by atoms with Crippen molar-refractivity contribution in [2.45, 2.75) is 13.0 Å². The topological polar surface area (TPSA) is 46.8 Å².